The molecule has 2 N–H and O–H groups in total. The van der Waals surface area contributed by atoms with Gasteiger partial charge in [-0.3, -0.25) is 9.59 Å². The first-order valence-corrected chi connectivity index (χ1v) is 9.33. The normalized spacial score (nSPS) is 11.6. The molecule has 0 spiro atoms. The lowest BCUT2D eigenvalue weighted by atomic mass is 10.2. The summed E-state index contributed by atoms with van der Waals surface area (Å²) in [4.78, 5) is 24.2. The van der Waals surface area contributed by atoms with Crippen LogP contribution in [0, 0.1) is 6.92 Å². The summed E-state index contributed by atoms with van der Waals surface area (Å²) in [6, 6.07) is 15.0. The molecule has 6 heteroatoms. The second kappa shape index (κ2) is 8.89. The summed E-state index contributed by atoms with van der Waals surface area (Å²) < 4.78 is 0.827. The van der Waals surface area contributed by atoms with Crippen LogP contribution in [0.5, 0.6) is 0 Å². The summed E-state index contributed by atoms with van der Waals surface area (Å²) in [5.41, 5.74) is 2.62. The van der Waals surface area contributed by atoms with Gasteiger partial charge in [0.25, 0.3) is 0 Å². The standard InChI is InChI=1S/C18H19BrN2O2S/c1-12-7-9-14(10-8-12)20-17(22)11-24-13(2)18(23)21-16-6-4-3-5-15(16)19/h3-10,13H,11H2,1-2H3,(H,20,22)(H,21,23). The quantitative estimate of drug-likeness (QED) is 0.744. The molecular formula is C18H19BrN2O2S. The van der Waals surface area contributed by atoms with Gasteiger partial charge in [-0.2, -0.15) is 0 Å². The number of anilines is 2. The number of nitrogens with one attached hydrogen (secondary N) is 2. The average molecular weight is 407 g/mol. The van der Waals surface area contributed by atoms with Gasteiger partial charge in [0, 0.05) is 10.2 Å². The summed E-state index contributed by atoms with van der Waals surface area (Å²) in [5.74, 6) is -0.0299. The van der Waals surface area contributed by atoms with Crippen molar-refractivity contribution in [1.29, 1.82) is 0 Å². The molecule has 0 bridgehead atoms. The third-order valence-electron chi connectivity index (χ3n) is 3.30. The Morgan fingerprint density at radius 1 is 1.08 bits per heavy atom. The highest BCUT2D eigenvalue weighted by Crippen LogP contribution is 2.22. The first-order valence-electron chi connectivity index (χ1n) is 7.49. The van der Waals surface area contributed by atoms with Gasteiger partial charge in [0.2, 0.25) is 11.8 Å². The molecular weight excluding hydrogens is 388 g/mol. The van der Waals surface area contributed by atoms with Gasteiger partial charge < -0.3 is 10.6 Å². The van der Waals surface area contributed by atoms with E-state index in [4.69, 9.17) is 0 Å². The van der Waals surface area contributed by atoms with E-state index in [0.29, 0.717) is 0 Å². The van der Waals surface area contributed by atoms with Gasteiger partial charge in [-0.25, -0.2) is 0 Å². The Balaban J connectivity index is 1.80. The number of carbonyl (C=O) groups is 2. The maximum absolute atomic E-state index is 12.2. The summed E-state index contributed by atoms with van der Waals surface area (Å²) in [6.07, 6.45) is 0. The van der Waals surface area contributed by atoms with Crippen LogP contribution in [0.2, 0.25) is 0 Å². The lowest BCUT2D eigenvalue weighted by molar-refractivity contribution is -0.115. The number of hydrogen-bond donors (Lipinski definition) is 2. The number of carbonyl (C=O) groups excluding carboxylic acids is 2. The van der Waals surface area contributed by atoms with Gasteiger partial charge in [-0.1, -0.05) is 29.8 Å². The van der Waals surface area contributed by atoms with Crippen molar-refractivity contribution in [3.05, 3.63) is 58.6 Å². The lowest BCUT2D eigenvalue weighted by Crippen LogP contribution is -2.25. The monoisotopic (exact) mass is 406 g/mol. The van der Waals surface area contributed by atoms with Gasteiger partial charge in [-0.15, -0.1) is 11.8 Å². The SMILES string of the molecule is Cc1ccc(NC(=O)CSC(C)C(=O)Nc2ccccc2Br)cc1. The van der Waals surface area contributed by atoms with Gasteiger partial charge in [0.15, 0.2) is 0 Å². The molecule has 126 valence electrons. The van der Waals surface area contributed by atoms with Crippen LogP contribution in [0.3, 0.4) is 0 Å². The number of thioether (sulfide) groups is 1. The van der Waals surface area contributed by atoms with Crippen LogP contribution in [0.25, 0.3) is 0 Å². The third-order valence-corrected chi connectivity index (χ3v) is 5.14. The average Bonchev–Trinajstić information content (AvgIpc) is 2.56. The lowest BCUT2D eigenvalue weighted by Gasteiger charge is -2.13. The number of hydrogen-bond acceptors (Lipinski definition) is 3. The Morgan fingerprint density at radius 3 is 2.42 bits per heavy atom. The predicted octanol–water partition coefficient (Wildman–Crippen LogP) is 4.46. The molecule has 0 aliphatic heterocycles. The molecule has 0 aliphatic carbocycles. The number of aryl methyl sites for hydroxylation is 1. The smallest absolute Gasteiger partial charge is 0.237 e. The number of rotatable bonds is 6. The van der Waals surface area contributed by atoms with Gasteiger partial charge in [0.05, 0.1) is 16.7 Å². The van der Waals surface area contributed by atoms with Gasteiger partial charge in [0.1, 0.15) is 0 Å². The van der Waals surface area contributed by atoms with Crippen LogP contribution in [-0.2, 0) is 9.59 Å². The Bertz CT molecular complexity index is 719. The first kappa shape index (κ1) is 18.5. The van der Waals surface area contributed by atoms with E-state index in [0.717, 1.165) is 21.4 Å². The highest BCUT2D eigenvalue weighted by molar-refractivity contribution is 9.10. The van der Waals surface area contributed by atoms with Crippen molar-refractivity contribution in [1.82, 2.24) is 0 Å². The highest BCUT2D eigenvalue weighted by atomic mass is 79.9. The zero-order valence-electron chi connectivity index (χ0n) is 13.5. The molecule has 2 aromatic carbocycles. The van der Waals surface area contributed by atoms with Crippen molar-refractivity contribution >= 4 is 50.9 Å². The van der Waals surface area contributed by atoms with Crippen molar-refractivity contribution in [3.63, 3.8) is 0 Å². The zero-order valence-corrected chi connectivity index (χ0v) is 15.9. The maximum atomic E-state index is 12.2. The molecule has 4 nitrogen and oxygen atoms in total. The fourth-order valence-electron chi connectivity index (χ4n) is 1.91. The third kappa shape index (κ3) is 5.69. The van der Waals surface area contributed by atoms with E-state index in [1.54, 1.807) is 6.92 Å². The number of amides is 2. The second-order valence-electron chi connectivity index (χ2n) is 5.34. The van der Waals surface area contributed by atoms with Crippen molar-refractivity contribution in [2.24, 2.45) is 0 Å². The van der Waals surface area contributed by atoms with Crippen molar-refractivity contribution in [3.8, 4) is 0 Å². The molecule has 1 unspecified atom stereocenters. The Labute approximate surface area is 154 Å². The summed E-state index contributed by atoms with van der Waals surface area (Å²) >= 11 is 4.69. The van der Waals surface area contributed by atoms with Crippen LogP contribution >= 0.6 is 27.7 Å². The van der Waals surface area contributed by atoms with Gasteiger partial charge >= 0.3 is 0 Å². The van der Waals surface area contributed by atoms with E-state index in [1.165, 1.54) is 11.8 Å². The second-order valence-corrected chi connectivity index (χ2v) is 7.52. The van der Waals surface area contributed by atoms with E-state index in [1.807, 2.05) is 55.5 Å². The van der Waals surface area contributed by atoms with E-state index in [9.17, 15) is 9.59 Å². The van der Waals surface area contributed by atoms with Crippen LogP contribution in [0.1, 0.15) is 12.5 Å². The van der Waals surface area contributed by atoms with E-state index in [2.05, 4.69) is 26.6 Å². The van der Waals surface area contributed by atoms with Crippen LogP contribution < -0.4 is 10.6 Å². The number of halogens is 1. The molecule has 1 atom stereocenters. The molecule has 24 heavy (non-hydrogen) atoms. The molecule has 0 heterocycles. The molecule has 0 aromatic heterocycles. The molecule has 0 saturated carbocycles. The van der Waals surface area contributed by atoms with Crippen molar-refractivity contribution in [2.75, 3.05) is 16.4 Å². The van der Waals surface area contributed by atoms with Crippen LogP contribution in [0.4, 0.5) is 11.4 Å². The minimum Gasteiger partial charge on any atom is -0.325 e. The minimum atomic E-state index is -0.333. The molecule has 2 rings (SSSR count). The largest absolute Gasteiger partial charge is 0.325 e. The van der Waals surface area contributed by atoms with Crippen molar-refractivity contribution < 1.29 is 9.59 Å². The Hall–Kier alpha value is -1.79. The molecule has 0 radical (unpaired) electrons. The maximum Gasteiger partial charge on any atom is 0.237 e. The number of para-hydroxylation sites is 1. The van der Waals surface area contributed by atoms with Gasteiger partial charge in [-0.05, 0) is 54.0 Å². The van der Waals surface area contributed by atoms with Crippen LogP contribution in [0.15, 0.2) is 53.0 Å². The predicted molar refractivity (Wildman–Crippen MR) is 105 cm³/mol. The summed E-state index contributed by atoms with van der Waals surface area (Å²) in [5, 5.41) is 5.34. The molecule has 2 amide bonds. The zero-order chi connectivity index (χ0) is 17.5. The summed E-state index contributed by atoms with van der Waals surface area (Å²) in [6.45, 7) is 3.78. The molecule has 2 aromatic rings. The molecule has 0 fully saturated rings. The Kier molecular flexibility index (Phi) is 6.87. The highest BCUT2D eigenvalue weighted by Gasteiger charge is 2.16. The topological polar surface area (TPSA) is 58.2 Å². The summed E-state index contributed by atoms with van der Waals surface area (Å²) in [7, 11) is 0. The first-order chi connectivity index (χ1) is 11.5. The fraction of sp³-hybridized carbons (Fsp3) is 0.222. The van der Waals surface area contributed by atoms with E-state index in [-0.39, 0.29) is 22.8 Å². The van der Waals surface area contributed by atoms with E-state index >= 15 is 0 Å². The molecule has 0 saturated heterocycles. The van der Waals surface area contributed by atoms with Crippen LogP contribution in [-0.4, -0.2) is 22.8 Å². The molecule has 0 aliphatic rings. The van der Waals surface area contributed by atoms with E-state index < -0.39 is 0 Å². The Morgan fingerprint density at radius 2 is 1.75 bits per heavy atom. The number of benzene rings is 2. The minimum absolute atomic E-state index is 0.121. The fourth-order valence-corrected chi connectivity index (χ4v) is 2.98. The van der Waals surface area contributed by atoms with Crippen molar-refractivity contribution in [2.45, 2.75) is 19.1 Å².